The van der Waals surface area contributed by atoms with Gasteiger partial charge in [0.1, 0.15) is 0 Å². The van der Waals surface area contributed by atoms with E-state index in [-0.39, 0.29) is 17.9 Å². The maximum Gasteiger partial charge on any atom is 0.264 e. The standard InChI is InChI=1S/C15H16N2O2S3/c18-14(12-3-1-6-21-12)16-9-11-10-20-8-5-17(11)15(19)13-4-2-7-22-13/h1-4,6-7,11H,5,8-10H2,(H,16,18)/t11-/m0/s1. The van der Waals surface area contributed by atoms with E-state index in [0.717, 1.165) is 22.9 Å². The van der Waals surface area contributed by atoms with Crippen molar-refractivity contribution in [2.24, 2.45) is 0 Å². The van der Waals surface area contributed by atoms with Crippen LogP contribution in [0.3, 0.4) is 0 Å². The van der Waals surface area contributed by atoms with Crippen LogP contribution in [-0.2, 0) is 0 Å². The first-order valence-corrected chi connectivity index (χ1v) is 9.91. The summed E-state index contributed by atoms with van der Waals surface area (Å²) in [5, 5.41) is 6.76. The van der Waals surface area contributed by atoms with E-state index in [4.69, 9.17) is 0 Å². The molecule has 0 saturated carbocycles. The molecule has 0 aromatic carbocycles. The van der Waals surface area contributed by atoms with Gasteiger partial charge in [-0.2, -0.15) is 11.8 Å². The fourth-order valence-corrected chi connectivity index (χ4v) is 4.72. The highest BCUT2D eigenvalue weighted by molar-refractivity contribution is 7.99. The van der Waals surface area contributed by atoms with Gasteiger partial charge in [0.2, 0.25) is 0 Å². The van der Waals surface area contributed by atoms with Crippen molar-refractivity contribution < 1.29 is 9.59 Å². The smallest absolute Gasteiger partial charge is 0.264 e. The SMILES string of the molecule is O=C(NC[C@H]1CSCCN1C(=O)c1cccs1)c1cccs1. The first-order chi connectivity index (χ1) is 10.8. The van der Waals surface area contributed by atoms with Crippen molar-refractivity contribution in [1.29, 1.82) is 0 Å². The van der Waals surface area contributed by atoms with Crippen LogP contribution < -0.4 is 5.32 Å². The first kappa shape index (κ1) is 15.6. The number of hydrogen-bond acceptors (Lipinski definition) is 5. The van der Waals surface area contributed by atoms with Crippen LogP contribution in [0.4, 0.5) is 0 Å². The second-order valence-corrected chi connectivity index (χ2v) is 7.94. The van der Waals surface area contributed by atoms with Gasteiger partial charge in [-0.05, 0) is 22.9 Å². The third-order valence-corrected chi connectivity index (χ3v) is 6.28. The Bertz CT molecular complexity index is 625. The number of hydrogen-bond donors (Lipinski definition) is 1. The number of nitrogens with one attached hydrogen (secondary N) is 1. The third-order valence-electron chi connectivity index (χ3n) is 3.46. The lowest BCUT2D eigenvalue weighted by Crippen LogP contribution is -2.51. The van der Waals surface area contributed by atoms with E-state index in [0.29, 0.717) is 11.4 Å². The Morgan fingerprint density at radius 1 is 1.18 bits per heavy atom. The normalized spacial score (nSPS) is 18.2. The van der Waals surface area contributed by atoms with Gasteiger partial charge in [0.15, 0.2) is 0 Å². The van der Waals surface area contributed by atoms with Gasteiger partial charge in [-0.3, -0.25) is 9.59 Å². The fraction of sp³-hybridized carbons (Fsp3) is 0.333. The van der Waals surface area contributed by atoms with E-state index in [9.17, 15) is 9.59 Å². The van der Waals surface area contributed by atoms with Crippen molar-refractivity contribution >= 4 is 46.2 Å². The highest BCUT2D eigenvalue weighted by atomic mass is 32.2. The second-order valence-electron chi connectivity index (χ2n) is 4.89. The molecule has 1 N–H and O–H groups in total. The van der Waals surface area contributed by atoms with E-state index in [2.05, 4.69) is 5.32 Å². The lowest BCUT2D eigenvalue weighted by atomic mass is 10.2. The molecule has 1 aliphatic rings. The molecule has 1 fully saturated rings. The Labute approximate surface area is 141 Å². The summed E-state index contributed by atoms with van der Waals surface area (Å²) in [6.07, 6.45) is 0. The van der Waals surface area contributed by atoms with Gasteiger partial charge < -0.3 is 10.2 Å². The maximum atomic E-state index is 12.6. The van der Waals surface area contributed by atoms with Crippen molar-refractivity contribution in [2.45, 2.75) is 6.04 Å². The molecule has 1 atom stereocenters. The highest BCUT2D eigenvalue weighted by Gasteiger charge is 2.28. The van der Waals surface area contributed by atoms with Crippen molar-refractivity contribution in [3.63, 3.8) is 0 Å². The molecule has 1 aliphatic heterocycles. The minimum Gasteiger partial charge on any atom is -0.349 e. The molecule has 1 saturated heterocycles. The molecule has 22 heavy (non-hydrogen) atoms. The molecule has 0 spiro atoms. The molecule has 2 aromatic heterocycles. The van der Waals surface area contributed by atoms with Crippen molar-refractivity contribution in [3.05, 3.63) is 44.8 Å². The summed E-state index contributed by atoms with van der Waals surface area (Å²) in [7, 11) is 0. The summed E-state index contributed by atoms with van der Waals surface area (Å²) in [6.45, 7) is 1.24. The van der Waals surface area contributed by atoms with Gasteiger partial charge in [-0.25, -0.2) is 0 Å². The van der Waals surface area contributed by atoms with Crippen LogP contribution in [-0.4, -0.2) is 47.4 Å². The number of rotatable bonds is 4. The molecule has 0 aliphatic carbocycles. The number of nitrogens with zero attached hydrogens (tertiary/aromatic N) is 1. The van der Waals surface area contributed by atoms with Crippen LogP contribution in [0.15, 0.2) is 35.0 Å². The molecule has 2 aromatic rings. The lowest BCUT2D eigenvalue weighted by molar-refractivity contribution is 0.0696. The van der Waals surface area contributed by atoms with Gasteiger partial charge in [0, 0.05) is 24.6 Å². The van der Waals surface area contributed by atoms with Gasteiger partial charge >= 0.3 is 0 Å². The molecule has 0 unspecified atom stereocenters. The van der Waals surface area contributed by atoms with E-state index in [1.807, 2.05) is 51.7 Å². The molecule has 7 heteroatoms. The molecule has 2 amide bonds. The lowest BCUT2D eigenvalue weighted by Gasteiger charge is -2.35. The quantitative estimate of drug-likeness (QED) is 0.920. The molecule has 116 valence electrons. The molecule has 0 radical (unpaired) electrons. The predicted octanol–water partition coefficient (Wildman–Crippen LogP) is 2.80. The monoisotopic (exact) mass is 352 g/mol. The maximum absolute atomic E-state index is 12.6. The number of thiophene rings is 2. The van der Waals surface area contributed by atoms with E-state index < -0.39 is 0 Å². The molecule has 4 nitrogen and oxygen atoms in total. The zero-order valence-corrected chi connectivity index (χ0v) is 14.3. The zero-order valence-electron chi connectivity index (χ0n) is 11.9. The van der Waals surface area contributed by atoms with Crippen molar-refractivity contribution in [1.82, 2.24) is 10.2 Å². The van der Waals surface area contributed by atoms with Crippen molar-refractivity contribution in [3.8, 4) is 0 Å². The molecule has 3 heterocycles. The number of thioether (sulfide) groups is 1. The van der Waals surface area contributed by atoms with Gasteiger partial charge in [0.25, 0.3) is 11.8 Å². The molecular formula is C15H16N2O2S3. The van der Waals surface area contributed by atoms with Gasteiger partial charge in [-0.15, -0.1) is 22.7 Å². The minimum atomic E-state index is -0.0610. The number of carbonyl (C=O) groups excluding carboxylic acids is 2. The highest BCUT2D eigenvalue weighted by Crippen LogP contribution is 2.21. The summed E-state index contributed by atoms with van der Waals surface area (Å²) in [4.78, 5) is 28.0. The average Bonchev–Trinajstić information content (AvgIpc) is 3.24. The van der Waals surface area contributed by atoms with Gasteiger partial charge in [0.05, 0.1) is 15.8 Å². The Kier molecular flexibility index (Phi) is 5.17. The summed E-state index contributed by atoms with van der Waals surface area (Å²) in [5.74, 6) is 1.83. The Morgan fingerprint density at radius 2 is 1.91 bits per heavy atom. The number of amides is 2. The van der Waals surface area contributed by atoms with Gasteiger partial charge in [-0.1, -0.05) is 12.1 Å². The fourth-order valence-electron chi connectivity index (χ4n) is 2.34. The molecular weight excluding hydrogens is 336 g/mol. The topological polar surface area (TPSA) is 49.4 Å². The number of carbonyl (C=O) groups is 2. The van der Waals surface area contributed by atoms with E-state index in [1.54, 1.807) is 0 Å². The van der Waals surface area contributed by atoms with Crippen LogP contribution in [0.5, 0.6) is 0 Å². The Balaban J connectivity index is 1.63. The van der Waals surface area contributed by atoms with Crippen LogP contribution in [0, 0.1) is 0 Å². The summed E-state index contributed by atoms with van der Waals surface area (Å²) < 4.78 is 0. The van der Waals surface area contributed by atoms with E-state index in [1.165, 1.54) is 22.7 Å². The van der Waals surface area contributed by atoms with E-state index >= 15 is 0 Å². The molecule has 0 bridgehead atoms. The first-order valence-electron chi connectivity index (χ1n) is 6.99. The predicted molar refractivity (Wildman–Crippen MR) is 93.1 cm³/mol. The zero-order chi connectivity index (χ0) is 15.4. The molecule has 3 rings (SSSR count). The van der Waals surface area contributed by atoms with Crippen LogP contribution in [0.25, 0.3) is 0 Å². The average molecular weight is 353 g/mol. The van der Waals surface area contributed by atoms with Crippen LogP contribution in [0.2, 0.25) is 0 Å². The van der Waals surface area contributed by atoms with Crippen molar-refractivity contribution in [2.75, 3.05) is 24.6 Å². The largest absolute Gasteiger partial charge is 0.349 e. The summed E-state index contributed by atoms with van der Waals surface area (Å²) in [5.41, 5.74) is 0. The third kappa shape index (κ3) is 3.53. The van der Waals surface area contributed by atoms with Crippen LogP contribution in [0.1, 0.15) is 19.3 Å². The Hall–Kier alpha value is -1.31. The Morgan fingerprint density at radius 3 is 2.59 bits per heavy atom. The summed E-state index contributed by atoms with van der Waals surface area (Å²) >= 11 is 4.72. The second kappa shape index (κ2) is 7.30. The minimum absolute atomic E-state index is 0.0530. The van der Waals surface area contributed by atoms with Crippen LogP contribution >= 0.6 is 34.4 Å². The summed E-state index contributed by atoms with van der Waals surface area (Å²) in [6, 6.07) is 7.48.